The summed E-state index contributed by atoms with van der Waals surface area (Å²) in [5.74, 6) is 0. The quantitative estimate of drug-likeness (QED) is 0.193. The van der Waals surface area contributed by atoms with Gasteiger partial charge in [0.2, 0.25) is 0 Å². The highest BCUT2D eigenvalue weighted by atomic mass is 16.3. The molecular weight excluding hydrogens is 595 g/mol. The second-order valence-corrected chi connectivity index (χ2v) is 13.8. The van der Waals surface area contributed by atoms with Crippen LogP contribution in [0.15, 0.2) is 168 Å². The molecule has 1 aliphatic carbocycles. The number of furan rings is 1. The highest BCUT2D eigenvalue weighted by Crippen LogP contribution is 2.51. The molecule has 0 radical (unpaired) electrons. The molecule has 10 rings (SSSR count). The van der Waals surface area contributed by atoms with Crippen molar-refractivity contribution >= 4 is 60.5 Å². The van der Waals surface area contributed by atoms with E-state index in [1.807, 2.05) is 12.1 Å². The molecule has 0 bridgehead atoms. The van der Waals surface area contributed by atoms with E-state index in [4.69, 9.17) is 4.42 Å². The van der Waals surface area contributed by atoms with E-state index in [0.29, 0.717) is 0 Å². The van der Waals surface area contributed by atoms with Crippen LogP contribution in [0.5, 0.6) is 0 Å². The van der Waals surface area contributed by atoms with Crippen LogP contribution in [0.25, 0.3) is 65.7 Å². The molecule has 0 saturated carbocycles. The van der Waals surface area contributed by atoms with Gasteiger partial charge in [-0.05, 0) is 110 Å². The predicted molar refractivity (Wildman–Crippen MR) is 206 cm³/mol. The summed E-state index contributed by atoms with van der Waals surface area (Å²) in [6, 6.07) is 59.6. The molecule has 8 aromatic carbocycles. The Hall–Kier alpha value is -6.12. The number of hydrogen-bond acceptors (Lipinski definition) is 2. The standard InChI is InChI=1S/C47H33NO/c1-47(2)43-16-7-5-13-39(43)40-25-24-36(29-44(40)47)48(34-21-18-31(19-22-34)38-15-9-11-30-10-3-4-12-37(30)38)35-23-20-32-27-42-41-14-6-8-17-45(41)49-46(42)28-33(32)26-35/h3-29H,1-2H3. The van der Waals surface area contributed by atoms with E-state index < -0.39 is 0 Å². The SMILES string of the molecule is CC1(C)c2ccccc2-c2ccc(N(c3ccc(-c4cccc5ccccc45)cc3)c3ccc4cc5c(cc4c3)oc3ccccc35)cc21. The van der Waals surface area contributed by atoms with Crippen LogP contribution in [-0.4, -0.2) is 0 Å². The molecule has 0 N–H and O–H groups in total. The zero-order chi connectivity index (χ0) is 32.7. The van der Waals surface area contributed by atoms with Crippen LogP contribution in [0, 0.1) is 0 Å². The van der Waals surface area contributed by atoms with Crippen molar-refractivity contribution in [3.8, 4) is 22.3 Å². The monoisotopic (exact) mass is 627 g/mol. The molecule has 0 fully saturated rings. The first-order chi connectivity index (χ1) is 24.0. The van der Waals surface area contributed by atoms with Gasteiger partial charge in [-0.15, -0.1) is 0 Å². The molecule has 2 nitrogen and oxygen atoms in total. The first-order valence-electron chi connectivity index (χ1n) is 17.0. The molecule has 1 aliphatic rings. The van der Waals surface area contributed by atoms with Gasteiger partial charge in [0.05, 0.1) is 0 Å². The minimum Gasteiger partial charge on any atom is -0.456 e. The topological polar surface area (TPSA) is 16.4 Å². The van der Waals surface area contributed by atoms with E-state index in [9.17, 15) is 0 Å². The maximum atomic E-state index is 6.31. The van der Waals surface area contributed by atoms with E-state index in [1.54, 1.807) is 0 Å². The van der Waals surface area contributed by atoms with E-state index in [2.05, 4.69) is 170 Å². The molecule has 49 heavy (non-hydrogen) atoms. The zero-order valence-corrected chi connectivity index (χ0v) is 27.4. The predicted octanol–water partition coefficient (Wildman–Crippen LogP) is 13.3. The number of fused-ring (bicyclic) bond motifs is 8. The van der Waals surface area contributed by atoms with Crippen LogP contribution in [0.2, 0.25) is 0 Å². The van der Waals surface area contributed by atoms with Crippen molar-refractivity contribution in [2.24, 2.45) is 0 Å². The Bertz CT molecular complexity index is 2740. The second kappa shape index (κ2) is 10.4. The number of hydrogen-bond donors (Lipinski definition) is 0. The average Bonchev–Trinajstić information content (AvgIpc) is 3.62. The van der Waals surface area contributed by atoms with Gasteiger partial charge in [0.25, 0.3) is 0 Å². The summed E-state index contributed by atoms with van der Waals surface area (Å²) >= 11 is 0. The number of anilines is 3. The van der Waals surface area contributed by atoms with E-state index in [1.165, 1.54) is 49.5 Å². The van der Waals surface area contributed by atoms with Crippen LogP contribution in [0.4, 0.5) is 17.1 Å². The number of nitrogens with zero attached hydrogens (tertiary/aromatic N) is 1. The summed E-state index contributed by atoms with van der Waals surface area (Å²) < 4.78 is 6.31. The van der Waals surface area contributed by atoms with E-state index in [-0.39, 0.29) is 5.41 Å². The normalized spacial score (nSPS) is 13.3. The van der Waals surface area contributed by atoms with Crippen LogP contribution in [0.1, 0.15) is 25.0 Å². The Balaban J connectivity index is 1.14. The lowest BCUT2D eigenvalue weighted by Crippen LogP contribution is -2.16. The third kappa shape index (κ3) is 4.27. The van der Waals surface area contributed by atoms with Crippen molar-refractivity contribution < 1.29 is 4.42 Å². The molecule has 9 aromatic rings. The first kappa shape index (κ1) is 27.9. The highest BCUT2D eigenvalue weighted by Gasteiger charge is 2.35. The fraction of sp³-hybridized carbons (Fsp3) is 0.0638. The van der Waals surface area contributed by atoms with E-state index in [0.717, 1.165) is 44.4 Å². The lowest BCUT2D eigenvalue weighted by Gasteiger charge is -2.28. The molecule has 0 saturated heterocycles. The molecule has 1 aromatic heterocycles. The molecule has 0 unspecified atom stereocenters. The Morgan fingerprint density at radius 3 is 1.98 bits per heavy atom. The lowest BCUT2D eigenvalue weighted by molar-refractivity contribution is 0.660. The zero-order valence-electron chi connectivity index (χ0n) is 27.4. The summed E-state index contributed by atoms with van der Waals surface area (Å²) in [6.07, 6.45) is 0. The van der Waals surface area contributed by atoms with E-state index >= 15 is 0 Å². The third-order valence-electron chi connectivity index (χ3n) is 10.6. The molecule has 0 atom stereocenters. The van der Waals surface area contributed by atoms with Gasteiger partial charge in [0.1, 0.15) is 11.2 Å². The van der Waals surface area contributed by atoms with Crippen molar-refractivity contribution in [1.82, 2.24) is 0 Å². The van der Waals surface area contributed by atoms with Crippen LogP contribution >= 0.6 is 0 Å². The van der Waals surface area contributed by atoms with Crippen molar-refractivity contribution in [3.63, 3.8) is 0 Å². The molecule has 0 aliphatic heterocycles. The first-order valence-corrected chi connectivity index (χ1v) is 17.0. The summed E-state index contributed by atoms with van der Waals surface area (Å²) in [6.45, 7) is 4.69. The van der Waals surface area contributed by atoms with Crippen molar-refractivity contribution in [3.05, 3.63) is 175 Å². The Morgan fingerprint density at radius 2 is 1.08 bits per heavy atom. The number of para-hydroxylation sites is 1. The van der Waals surface area contributed by atoms with Crippen molar-refractivity contribution in [1.29, 1.82) is 0 Å². The molecular formula is C47H33NO. The minimum atomic E-state index is -0.0951. The molecule has 2 heteroatoms. The summed E-state index contributed by atoms with van der Waals surface area (Å²) in [5, 5.41) is 7.16. The third-order valence-corrected chi connectivity index (χ3v) is 10.6. The maximum absolute atomic E-state index is 6.31. The van der Waals surface area contributed by atoms with Crippen molar-refractivity contribution in [2.75, 3.05) is 4.90 Å². The second-order valence-electron chi connectivity index (χ2n) is 13.8. The summed E-state index contributed by atoms with van der Waals surface area (Å²) in [7, 11) is 0. The largest absolute Gasteiger partial charge is 0.456 e. The minimum absolute atomic E-state index is 0.0951. The van der Waals surface area contributed by atoms with Gasteiger partial charge in [-0.2, -0.15) is 0 Å². The van der Waals surface area contributed by atoms with Crippen LogP contribution in [-0.2, 0) is 5.41 Å². The van der Waals surface area contributed by atoms with Gasteiger partial charge in [-0.25, -0.2) is 0 Å². The molecule has 1 heterocycles. The van der Waals surface area contributed by atoms with Crippen LogP contribution < -0.4 is 4.90 Å². The molecule has 0 amide bonds. The van der Waals surface area contributed by atoms with Crippen LogP contribution in [0.3, 0.4) is 0 Å². The number of rotatable bonds is 4. The van der Waals surface area contributed by atoms with Gasteiger partial charge >= 0.3 is 0 Å². The lowest BCUT2D eigenvalue weighted by atomic mass is 9.82. The number of benzene rings is 8. The molecule has 0 spiro atoms. The Kier molecular flexibility index (Phi) is 5.95. The Labute approximate surface area is 285 Å². The van der Waals surface area contributed by atoms with Gasteiger partial charge < -0.3 is 9.32 Å². The molecule has 232 valence electrons. The summed E-state index contributed by atoms with van der Waals surface area (Å²) in [5.41, 5.74) is 12.9. The maximum Gasteiger partial charge on any atom is 0.136 e. The summed E-state index contributed by atoms with van der Waals surface area (Å²) in [4.78, 5) is 2.40. The average molecular weight is 628 g/mol. The van der Waals surface area contributed by atoms with Gasteiger partial charge in [-0.1, -0.05) is 123 Å². The van der Waals surface area contributed by atoms with Crippen molar-refractivity contribution in [2.45, 2.75) is 19.3 Å². The highest BCUT2D eigenvalue weighted by molar-refractivity contribution is 6.10. The smallest absolute Gasteiger partial charge is 0.136 e. The fourth-order valence-corrected chi connectivity index (χ4v) is 8.14. The van der Waals surface area contributed by atoms with Gasteiger partial charge in [0, 0.05) is 33.2 Å². The van der Waals surface area contributed by atoms with Gasteiger partial charge in [0.15, 0.2) is 0 Å². The van der Waals surface area contributed by atoms with Gasteiger partial charge in [-0.3, -0.25) is 0 Å². The fourth-order valence-electron chi connectivity index (χ4n) is 8.14. The Morgan fingerprint density at radius 1 is 0.408 bits per heavy atom.